The first-order valence-corrected chi connectivity index (χ1v) is 6.48. The molecule has 0 aliphatic carbocycles. The lowest BCUT2D eigenvalue weighted by Gasteiger charge is -2.29. The van der Waals surface area contributed by atoms with E-state index in [9.17, 15) is 0 Å². The lowest BCUT2D eigenvalue weighted by molar-refractivity contribution is 0.122. The van der Waals surface area contributed by atoms with Gasteiger partial charge in [-0.25, -0.2) is 0 Å². The number of aryl methyl sites for hydroxylation is 1. The van der Waals surface area contributed by atoms with Crippen LogP contribution < -0.4 is 16.2 Å². The molecule has 0 amide bonds. The third kappa shape index (κ3) is 2.34. The first-order valence-electron chi connectivity index (χ1n) is 6.48. The lowest BCUT2D eigenvalue weighted by atomic mass is 10.1. The second kappa shape index (κ2) is 5.03. The Balaban J connectivity index is 2.06. The number of anilines is 2. The molecule has 0 atom stereocenters. The molecule has 0 spiro atoms. The van der Waals surface area contributed by atoms with Crippen molar-refractivity contribution in [2.45, 2.75) is 6.92 Å². The van der Waals surface area contributed by atoms with Gasteiger partial charge in [0.2, 0.25) is 0 Å². The van der Waals surface area contributed by atoms with Crippen LogP contribution >= 0.6 is 0 Å². The Hall–Kier alpha value is -1.85. The van der Waals surface area contributed by atoms with Gasteiger partial charge in [-0.1, -0.05) is 0 Å². The van der Waals surface area contributed by atoms with Gasteiger partial charge in [-0.2, -0.15) is 0 Å². The predicted molar refractivity (Wildman–Crippen MR) is 77.3 cm³/mol. The highest BCUT2D eigenvalue weighted by Crippen LogP contribution is 2.27. The molecule has 5 nitrogen and oxygen atoms in total. The van der Waals surface area contributed by atoms with Crippen LogP contribution in [0.4, 0.5) is 11.4 Å². The van der Waals surface area contributed by atoms with E-state index in [1.54, 1.807) is 0 Å². The monoisotopic (exact) mass is 258 g/mol. The molecule has 1 saturated heterocycles. The van der Waals surface area contributed by atoms with Gasteiger partial charge in [0.25, 0.3) is 0 Å². The standard InChI is InChI=1S/C14H18N4O/c1-10-8-14(17-15)12-9-11(2-3-13(12)16-10)18-4-6-19-7-5-18/h2-3,8-9H,4-7,15H2,1H3,(H,16,17). The SMILES string of the molecule is Cc1cc(NN)c2cc(N3CCOCC3)ccc2n1. The zero-order valence-corrected chi connectivity index (χ0v) is 11.0. The number of nitrogens with two attached hydrogens (primary N) is 1. The third-order valence-electron chi connectivity index (χ3n) is 3.45. The Morgan fingerprint density at radius 2 is 2.05 bits per heavy atom. The van der Waals surface area contributed by atoms with Crippen molar-refractivity contribution in [2.24, 2.45) is 5.84 Å². The maximum absolute atomic E-state index is 5.60. The molecule has 0 bridgehead atoms. The Morgan fingerprint density at radius 1 is 1.26 bits per heavy atom. The minimum atomic E-state index is 0.784. The Morgan fingerprint density at radius 3 is 2.79 bits per heavy atom. The summed E-state index contributed by atoms with van der Waals surface area (Å²) in [5, 5.41) is 1.05. The van der Waals surface area contributed by atoms with E-state index in [1.165, 1.54) is 5.69 Å². The highest BCUT2D eigenvalue weighted by molar-refractivity contribution is 5.93. The molecule has 1 aliphatic rings. The summed E-state index contributed by atoms with van der Waals surface area (Å²) < 4.78 is 5.38. The van der Waals surface area contributed by atoms with Gasteiger partial charge < -0.3 is 15.1 Å². The fourth-order valence-corrected chi connectivity index (χ4v) is 2.48. The van der Waals surface area contributed by atoms with Crippen molar-refractivity contribution in [3.63, 3.8) is 0 Å². The Labute approximate surface area is 112 Å². The zero-order chi connectivity index (χ0) is 13.2. The van der Waals surface area contributed by atoms with Gasteiger partial charge in [0, 0.05) is 29.9 Å². The van der Waals surface area contributed by atoms with Crippen molar-refractivity contribution in [3.8, 4) is 0 Å². The maximum atomic E-state index is 5.60. The molecular formula is C14H18N4O. The average molecular weight is 258 g/mol. The van der Waals surface area contributed by atoms with Crippen LogP contribution in [0.3, 0.4) is 0 Å². The van der Waals surface area contributed by atoms with Crippen molar-refractivity contribution in [1.29, 1.82) is 0 Å². The Bertz CT molecular complexity index is 593. The number of fused-ring (bicyclic) bond motifs is 1. The van der Waals surface area contributed by atoms with Crippen LogP contribution in [0.2, 0.25) is 0 Å². The molecule has 2 aromatic rings. The molecule has 1 aromatic carbocycles. The first-order chi connectivity index (χ1) is 9.28. The molecule has 1 fully saturated rings. The summed E-state index contributed by atoms with van der Waals surface area (Å²) in [6, 6.07) is 8.27. The zero-order valence-electron chi connectivity index (χ0n) is 11.0. The van der Waals surface area contributed by atoms with Gasteiger partial charge in [0.05, 0.1) is 24.4 Å². The van der Waals surface area contributed by atoms with Crippen molar-refractivity contribution >= 4 is 22.3 Å². The molecule has 0 radical (unpaired) electrons. The quantitative estimate of drug-likeness (QED) is 0.633. The van der Waals surface area contributed by atoms with Crippen LogP contribution in [0.5, 0.6) is 0 Å². The smallest absolute Gasteiger partial charge is 0.0727 e. The van der Waals surface area contributed by atoms with Gasteiger partial charge in [-0.05, 0) is 31.2 Å². The normalized spacial score (nSPS) is 15.8. The van der Waals surface area contributed by atoms with E-state index in [-0.39, 0.29) is 0 Å². The van der Waals surface area contributed by atoms with Crippen LogP contribution in [-0.2, 0) is 4.74 Å². The minimum absolute atomic E-state index is 0.784. The van der Waals surface area contributed by atoms with Crippen LogP contribution in [-0.4, -0.2) is 31.3 Å². The number of hydrogen-bond donors (Lipinski definition) is 2. The number of morpholine rings is 1. The maximum Gasteiger partial charge on any atom is 0.0727 e. The summed E-state index contributed by atoms with van der Waals surface area (Å²) in [4.78, 5) is 6.85. The second-order valence-electron chi connectivity index (χ2n) is 4.76. The van der Waals surface area contributed by atoms with Gasteiger partial charge >= 0.3 is 0 Å². The molecule has 1 aliphatic heterocycles. The first kappa shape index (κ1) is 12.2. The number of benzene rings is 1. The van der Waals surface area contributed by atoms with Gasteiger partial charge in [0.15, 0.2) is 0 Å². The number of aromatic nitrogens is 1. The van der Waals surface area contributed by atoms with Gasteiger partial charge in [-0.3, -0.25) is 10.8 Å². The molecule has 19 heavy (non-hydrogen) atoms. The average Bonchev–Trinajstić information content (AvgIpc) is 2.46. The highest BCUT2D eigenvalue weighted by Gasteiger charge is 2.12. The fraction of sp³-hybridized carbons (Fsp3) is 0.357. The molecule has 3 rings (SSSR count). The number of rotatable bonds is 2. The number of hydrazine groups is 1. The van der Waals surface area contributed by atoms with E-state index in [2.05, 4.69) is 27.4 Å². The van der Waals surface area contributed by atoms with Crippen molar-refractivity contribution in [2.75, 3.05) is 36.6 Å². The number of nitrogen functional groups attached to an aromatic ring is 1. The number of pyridine rings is 1. The third-order valence-corrected chi connectivity index (χ3v) is 3.45. The van der Waals surface area contributed by atoms with E-state index in [1.807, 2.05) is 19.1 Å². The molecular weight excluding hydrogens is 240 g/mol. The van der Waals surface area contributed by atoms with Crippen molar-refractivity contribution in [1.82, 2.24) is 4.98 Å². The largest absolute Gasteiger partial charge is 0.378 e. The molecule has 100 valence electrons. The van der Waals surface area contributed by atoms with Gasteiger partial charge in [-0.15, -0.1) is 0 Å². The number of ether oxygens (including phenoxy) is 1. The summed E-state index contributed by atoms with van der Waals surface area (Å²) in [5.41, 5.74) is 6.79. The Kier molecular flexibility index (Phi) is 3.23. The number of nitrogens with zero attached hydrogens (tertiary/aromatic N) is 2. The molecule has 1 aromatic heterocycles. The number of nitrogens with one attached hydrogen (secondary N) is 1. The summed E-state index contributed by atoms with van der Waals surface area (Å²) in [7, 11) is 0. The second-order valence-corrected chi connectivity index (χ2v) is 4.76. The summed E-state index contributed by atoms with van der Waals surface area (Å²) >= 11 is 0. The molecule has 3 N–H and O–H groups in total. The summed E-state index contributed by atoms with van der Waals surface area (Å²) in [5.74, 6) is 5.60. The van der Waals surface area contributed by atoms with Crippen LogP contribution in [0, 0.1) is 6.92 Å². The fourth-order valence-electron chi connectivity index (χ4n) is 2.48. The molecule has 0 saturated carbocycles. The van der Waals surface area contributed by atoms with Crippen LogP contribution in [0.25, 0.3) is 10.9 Å². The summed E-state index contributed by atoms with van der Waals surface area (Å²) in [6.07, 6.45) is 0. The van der Waals surface area contributed by atoms with Crippen LogP contribution in [0.15, 0.2) is 24.3 Å². The number of hydrogen-bond acceptors (Lipinski definition) is 5. The lowest BCUT2D eigenvalue weighted by Crippen LogP contribution is -2.36. The summed E-state index contributed by atoms with van der Waals surface area (Å²) in [6.45, 7) is 5.39. The highest BCUT2D eigenvalue weighted by atomic mass is 16.5. The van der Waals surface area contributed by atoms with E-state index < -0.39 is 0 Å². The van der Waals surface area contributed by atoms with E-state index >= 15 is 0 Å². The molecule has 0 unspecified atom stereocenters. The topological polar surface area (TPSA) is 63.4 Å². The van der Waals surface area contributed by atoms with E-state index in [0.29, 0.717) is 0 Å². The van der Waals surface area contributed by atoms with E-state index in [0.717, 1.165) is 48.6 Å². The van der Waals surface area contributed by atoms with E-state index in [4.69, 9.17) is 10.6 Å². The molecule has 2 heterocycles. The van der Waals surface area contributed by atoms with Crippen molar-refractivity contribution in [3.05, 3.63) is 30.0 Å². The molecule has 5 heteroatoms. The van der Waals surface area contributed by atoms with Gasteiger partial charge in [0.1, 0.15) is 0 Å². The predicted octanol–water partition coefficient (Wildman–Crippen LogP) is 1.67. The van der Waals surface area contributed by atoms with Crippen molar-refractivity contribution < 1.29 is 4.74 Å². The van der Waals surface area contributed by atoms with Crippen LogP contribution in [0.1, 0.15) is 5.69 Å². The minimum Gasteiger partial charge on any atom is -0.378 e.